The maximum atomic E-state index is 12.4. The summed E-state index contributed by atoms with van der Waals surface area (Å²) in [6.45, 7) is 3.49. The lowest BCUT2D eigenvalue weighted by atomic mass is 10.1. The highest BCUT2D eigenvalue weighted by atomic mass is 16.5. The molecule has 5 heteroatoms. The van der Waals surface area contributed by atoms with Crippen LogP contribution < -0.4 is 0 Å². The summed E-state index contributed by atoms with van der Waals surface area (Å²) < 4.78 is 10.6. The first kappa shape index (κ1) is 18.3. The van der Waals surface area contributed by atoms with Crippen LogP contribution in [-0.2, 0) is 4.74 Å². The molecule has 5 nitrogen and oxygen atoms in total. The van der Waals surface area contributed by atoms with Crippen LogP contribution in [0, 0.1) is 6.92 Å². The van der Waals surface area contributed by atoms with Crippen molar-refractivity contribution in [2.75, 3.05) is 0 Å². The highest BCUT2D eigenvalue weighted by Gasteiger charge is 2.20. The number of carbonyl (C=O) groups excluding carboxylic acids is 3. The van der Waals surface area contributed by atoms with E-state index >= 15 is 0 Å². The minimum Gasteiger partial charge on any atom is -0.453 e. The molecule has 1 unspecified atom stereocenters. The SMILES string of the molecule is Cc1ccc(C(=O)C(C)OC(=O)c2ccc(-c3ccc(C=O)o3)cc2)cc1. The number of aldehydes is 1. The molecule has 3 aromatic rings. The second-order valence-corrected chi connectivity index (χ2v) is 6.18. The Hall–Kier alpha value is -3.47. The van der Waals surface area contributed by atoms with Gasteiger partial charge in [-0.1, -0.05) is 42.0 Å². The third-order valence-electron chi connectivity index (χ3n) is 4.14. The largest absolute Gasteiger partial charge is 0.453 e. The van der Waals surface area contributed by atoms with Crippen molar-refractivity contribution in [3.63, 3.8) is 0 Å². The Balaban J connectivity index is 1.67. The number of esters is 1. The van der Waals surface area contributed by atoms with Crippen LogP contribution in [0.5, 0.6) is 0 Å². The van der Waals surface area contributed by atoms with Crippen molar-refractivity contribution in [1.29, 1.82) is 0 Å². The van der Waals surface area contributed by atoms with Crippen molar-refractivity contribution in [2.45, 2.75) is 20.0 Å². The first-order valence-corrected chi connectivity index (χ1v) is 8.45. The number of benzene rings is 2. The fourth-order valence-electron chi connectivity index (χ4n) is 2.58. The highest BCUT2D eigenvalue weighted by molar-refractivity contribution is 6.01. The molecule has 27 heavy (non-hydrogen) atoms. The lowest BCUT2D eigenvalue weighted by molar-refractivity contribution is 0.0319. The molecule has 1 atom stereocenters. The van der Waals surface area contributed by atoms with Crippen molar-refractivity contribution in [1.82, 2.24) is 0 Å². The number of furan rings is 1. The monoisotopic (exact) mass is 362 g/mol. The van der Waals surface area contributed by atoms with Gasteiger partial charge in [0.05, 0.1) is 5.56 Å². The van der Waals surface area contributed by atoms with Crippen molar-refractivity contribution in [3.8, 4) is 11.3 Å². The number of hydrogen-bond acceptors (Lipinski definition) is 5. The molecule has 0 bridgehead atoms. The molecule has 1 heterocycles. The van der Waals surface area contributed by atoms with Gasteiger partial charge >= 0.3 is 5.97 Å². The second kappa shape index (κ2) is 7.83. The second-order valence-electron chi connectivity index (χ2n) is 6.18. The zero-order valence-corrected chi connectivity index (χ0v) is 15.0. The molecule has 0 aliphatic carbocycles. The van der Waals surface area contributed by atoms with Gasteiger partial charge in [-0.25, -0.2) is 4.79 Å². The fraction of sp³-hybridized carbons (Fsp3) is 0.136. The quantitative estimate of drug-likeness (QED) is 0.367. The van der Waals surface area contributed by atoms with E-state index in [1.54, 1.807) is 55.5 Å². The molecule has 3 rings (SSSR count). The van der Waals surface area contributed by atoms with E-state index in [2.05, 4.69) is 0 Å². The van der Waals surface area contributed by atoms with Gasteiger partial charge in [0.15, 0.2) is 18.2 Å². The third-order valence-corrected chi connectivity index (χ3v) is 4.14. The maximum Gasteiger partial charge on any atom is 0.338 e. The van der Waals surface area contributed by atoms with Crippen LogP contribution in [0.3, 0.4) is 0 Å². The summed E-state index contributed by atoms with van der Waals surface area (Å²) in [7, 11) is 0. The molecule has 0 aliphatic heterocycles. The van der Waals surface area contributed by atoms with Crippen LogP contribution in [0.25, 0.3) is 11.3 Å². The van der Waals surface area contributed by atoms with E-state index in [-0.39, 0.29) is 11.5 Å². The molecule has 0 saturated heterocycles. The van der Waals surface area contributed by atoms with Crippen LogP contribution in [-0.4, -0.2) is 24.1 Å². The number of Topliss-reactive ketones (excluding diaryl/α,β-unsaturated/α-hetero) is 1. The predicted octanol–water partition coefficient (Wildman–Crippen LogP) is 4.50. The number of ketones is 1. The summed E-state index contributed by atoms with van der Waals surface area (Å²) in [6.07, 6.45) is -0.262. The van der Waals surface area contributed by atoms with E-state index in [9.17, 15) is 14.4 Å². The molecule has 0 fully saturated rings. The van der Waals surface area contributed by atoms with Crippen LogP contribution in [0.1, 0.15) is 43.8 Å². The summed E-state index contributed by atoms with van der Waals surface area (Å²) >= 11 is 0. The summed E-state index contributed by atoms with van der Waals surface area (Å²) in [6, 6.07) is 16.9. The minimum absolute atomic E-state index is 0.233. The number of rotatable bonds is 6. The van der Waals surface area contributed by atoms with Gasteiger partial charge in [0.25, 0.3) is 0 Å². The van der Waals surface area contributed by atoms with Crippen molar-refractivity contribution >= 4 is 18.0 Å². The van der Waals surface area contributed by atoms with Gasteiger partial charge < -0.3 is 9.15 Å². The molecular formula is C22H18O5. The summed E-state index contributed by atoms with van der Waals surface area (Å²) in [5.41, 5.74) is 2.60. The van der Waals surface area contributed by atoms with Crippen LogP contribution >= 0.6 is 0 Å². The summed E-state index contributed by atoms with van der Waals surface area (Å²) in [4.78, 5) is 35.4. The Labute approximate surface area is 156 Å². The van der Waals surface area contributed by atoms with Gasteiger partial charge in [0.1, 0.15) is 5.76 Å². The first-order chi connectivity index (χ1) is 13.0. The minimum atomic E-state index is -0.889. The highest BCUT2D eigenvalue weighted by Crippen LogP contribution is 2.22. The maximum absolute atomic E-state index is 12.4. The molecule has 136 valence electrons. The summed E-state index contributed by atoms with van der Waals surface area (Å²) in [5, 5.41) is 0. The Morgan fingerprint density at radius 3 is 2.15 bits per heavy atom. The Morgan fingerprint density at radius 2 is 1.56 bits per heavy atom. The van der Waals surface area contributed by atoms with E-state index < -0.39 is 12.1 Å². The third kappa shape index (κ3) is 4.20. The van der Waals surface area contributed by atoms with Gasteiger partial charge in [0.2, 0.25) is 5.78 Å². The molecule has 2 aromatic carbocycles. The van der Waals surface area contributed by atoms with Crippen molar-refractivity contribution in [3.05, 3.63) is 83.1 Å². The summed E-state index contributed by atoms with van der Waals surface area (Å²) in [5.74, 6) is -0.0728. The number of carbonyl (C=O) groups is 3. The van der Waals surface area contributed by atoms with E-state index in [1.165, 1.54) is 0 Å². The standard InChI is InChI=1S/C22H18O5/c1-14-3-5-17(6-4-14)21(24)15(2)26-22(25)18-9-7-16(8-10-18)20-12-11-19(13-23)27-20/h3-13,15H,1-2H3. The topological polar surface area (TPSA) is 73.6 Å². The Morgan fingerprint density at radius 1 is 0.926 bits per heavy atom. The van der Waals surface area contributed by atoms with Gasteiger partial charge in [0, 0.05) is 11.1 Å². The number of hydrogen-bond donors (Lipinski definition) is 0. The number of ether oxygens (including phenoxy) is 1. The lowest BCUT2D eigenvalue weighted by Gasteiger charge is -2.12. The Kier molecular flexibility index (Phi) is 5.31. The average molecular weight is 362 g/mol. The fourth-order valence-corrected chi connectivity index (χ4v) is 2.58. The molecule has 0 N–H and O–H groups in total. The molecule has 0 aliphatic rings. The van der Waals surface area contributed by atoms with Gasteiger partial charge in [-0.2, -0.15) is 0 Å². The molecule has 0 radical (unpaired) electrons. The molecule has 0 saturated carbocycles. The van der Waals surface area contributed by atoms with Gasteiger partial charge in [-0.3, -0.25) is 9.59 Å². The van der Waals surface area contributed by atoms with Gasteiger partial charge in [-0.05, 0) is 38.1 Å². The number of aryl methyl sites for hydroxylation is 1. The average Bonchev–Trinajstić information content (AvgIpc) is 3.17. The predicted molar refractivity (Wildman–Crippen MR) is 99.9 cm³/mol. The van der Waals surface area contributed by atoms with E-state index in [4.69, 9.17) is 9.15 Å². The normalized spacial score (nSPS) is 11.6. The molecule has 0 spiro atoms. The van der Waals surface area contributed by atoms with E-state index in [0.29, 0.717) is 23.2 Å². The van der Waals surface area contributed by atoms with Gasteiger partial charge in [-0.15, -0.1) is 0 Å². The zero-order chi connectivity index (χ0) is 19.4. The first-order valence-electron chi connectivity index (χ1n) is 8.45. The van der Waals surface area contributed by atoms with Crippen LogP contribution in [0.15, 0.2) is 65.1 Å². The Bertz CT molecular complexity index is 965. The lowest BCUT2D eigenvalue weighted by Crippen LogP contribution is -2.24. The van der Waals surface area contributed by atoms with E-state index in [0.717, 1.165) is 11.1 Å². The van der Waals surface area contributed by atoms with Crippen LogP contribution in [0.2, 0.25) is 0 Å². The molecule has 1 aromatic heterocycles. The molecule has 0 amide bonds. The zero-order valence-electron chi connectivity index (χ0n) is 15.0. The molecular weight excluding hydrogens is 344 g/mol. The van der Waals surface area contributed by atoms with E-state index in [1.807, 2.05) is 19.1 Å². The smallest absolute Gasteiger partial charge is 0.338 e. The van der Waals surface area contributed by atoms with Crippen molar-refractivity contribution < 1.29 is 23.5 Å². The van der Waals surface area contributed by atoms with Crippen LogP contribution in [0.4, 0.5) is 0 Å². The van der Waals surface area contributed by atoms with Crippen molar-refractivity contribution in [2.24, 2.45) is 0 Å².